The van der Waals surface area contributed by atoms with Gasteiger partial charge in [0, 0.05) is 6.61 Å². The van der Waals surface area contributed by atoms with Gasteiger partial charge in [0.25, 0.3) is 0 Å². The van der Waals surface area contributed by atoms with Crippen LogP contribution in [0.4, 0.5) is 4.39 Å². The van der Waals surface area contributed by atoms with Crippen molar-refractivity contribution in [3.8, 4) is 0 Å². The van der Waals surface area contributed by atoms with Crippen LogP contribution < -0.4 is 0 Å². The molecule has 3 heteroatoms. The Morgan fingerprint density at radius 1 is 1.29 bits per heavy atom. The fraction of sp³-hybridized carbons (Fsp3) is 1.00. The summed E-state index contributed by atoms with van der Waals surface area (Å²) in [5, 5.41) is 8.03. The van der Waals surface area contributed by atoms with Crippen molar-refractivity contribution in [3.05, 3.63) is 0 Å². The third kappa shape index (κ3) is 10.9. The van der Waals surface area contributed by atoms with E-state index in [0.29, 0.717) is 12.8 Å². The third-order valence-corrected chi connectivity index (χ3v) is 0.542. The van der Waals surface area contributed by atoms with Crippen molar-refractivity contribution in [3.63, 3.8) is 0 Å². The topological polar surface area (TPSA) is 20.2 Å². The molecule has 0 aliphatic carbocycles. The molecule has 0 heterocycles. The Morgan fingerprint density at radius 2 is 1.86 bits per heavy atom. The number of hydrogen-bond donors (Lipinski definition) is 1. The normalized spacial score (nSPS) is 7.71. The molecule has 0 fully saturated rings. The first kappa shape index (κ1) is 10.8. The van der Waals surface area contributed by atoms with Crippen LogP contribution in [0.5, 0.6) is 0 Å². The van der Waals surface area contributed by atoms with Gasteiger partial charge < -0.3 is 5.11 Å². The van der Waals surface area contributed by atoms with Crippen LogP contribution in [0.1, 0.15) is 12.8 Å². The van der Waals surface area contributed by atoms with Crippen LogP contribution in [-0.4, -0.2) is 47.9 Å². The molecule has 0 radical (unpaired) electrons. The molecule has 1 N–H and O–H groups in total. The molecular weight excluding hydrogens is 106 g/mol. The van der Waals surface area contributed by atoms with E-state index in [4.69, 9.17) is 5.11 Å². The summed E-state index contributed by atoms with van der Waals surface area (Å²) >= 11 is 0. The van der Waals surface area contributed by atoms with E-state index < -0.39 is 0 Å². The summed E-state index contributed by atoms with van der Waals surface area (Å²) < 4.78 is 11.1. The minimum atomic E-state index is -0.305. The molecule has 0 atom stereocenters. The first-order chi connectivity index (χ1) is 2.91. The van der Waals surface area contributed by atoms with Crippen LogP contribution in [0, 0.1) is 0 Å². The molecule has 40 valence electrons. The summed E-state index contributed by atoms with van der Waals surface area (Å²) in [4.78, 5) is 0. The molecule has 0 spiro atoms. The van der Waals surface area contributed by atoms with Gasteiger partial charge in [-0.2, -0.15) is 0 Å². The zero-order valence-electron chi connectivity index (χ0n) is 3.65. The van der Waals surface area contributed by atoms with Crippen LogP contribution in [0.3, 0.4) is 0 Å². The van der Waals surface area contributed by atoms with Crippen LogP contribution >= 0.6 is 0 Å². The van der Waals surface area contributed by atoms with Gasteiger partial charge in [-0.1, -0.05) is 0 Å². The van der Waals surface area contributed by atoms with Gasteiger partial charge in [-0.15, -0.1) is 0 Å². The van der Waals surface area contributed by atoms with Crippen LogP contribution in [-0.2, 0) is 0 Å². The first-order valence-corrected chi connectivity index (χ1v) is 2.08. The number of alkyl halides is 1. The number of halogens is 1. The average molecular weight is 116 g/mol. The second kappa shape index (κ2) is 10.00. The van der Waals surface area contributed by atoms with Gasteiger partial charge in [0.05, 0.1) is 6.67 Å². The maximum absolute atomic E-state index is 11.1. The maximum atomic E-state index is 11.1. The predicted molar refractivity (Wildman–Crippen MR) is 29.4 cm³/mol. The van der Waals surface area contributed by atoms with Crippen LogP contribution in [0.25, 0.3) is 0 Å². The summed E-state index contributed by atoms with van der Waals surface area (Å²) in [5.41, 5.74) is 0. The molecule has 0 aliphatic heterocycles. The van der Waals surface area contributed by atoms with Crippen molar-refractivity contribution in [1.29, 1.82) is 0 Å². The van der Waals surface area contributed by atoms with Crippen molar-refractivity contribution >= 4 is 29.6 Å². The summed E-state index contributed by atoms with van der Waals surface area (Å²) in [5.74, 6) is 0. The Hall–Kier alpha value is 0.890. The monoisotopic (exact) mass is 116 g/mol. The fourth-order valence-electron chi connectivity index (χ4n) is 0.206. The van der Waals surface area contributed by atoms with E-state index in [9.17, 15) is 4.39 Å². The first-order valence-electron chi connectivity index (χ1n) is 2.08. The molecule has 0 unspecified atom stereocenters. The summed E-state index contributed by atoms with van der Waals surface area (Å²) in [6, 6.07) is 0. The van der Waals surface area contributed by atoms with Gasteiger partial charge in [0.1, 0.15) is 0 Å². The van der Waals surface area contributed by atoms with E-state index in [1.165, 1.54) is 0 Å². The summed E-state index contributed by atoms with van der Waals surface area (Å²) in [6.45, 7) is -0.190. The second-order valence-corrected chi connectivity index (χ2v) is 1.12. The van der Waals surface area contributed by atoms with Crippen LogP contribution in [0.15, 0.2) is 0 Å². The minimum absolute atomic E-state index is 0. The van der Waals surface area contributed by atoms with Crippen molar-refractivity contribution in [2.45, 2.75) is 12.8 Å². The van der Waals surface area contributed by atoms with Crippen molar-refractivity contribution in [1.82, 2.24) is 0 Å². The van der Waals surface area contributed by atoms with E-state index in [2.05, 4.69) is 0 Å². The summed E-state index contributed by atoms with van der Waals surface area (Å²) in [7, 11) is 0. The molecule has 0 amide bonds. The molecule has 0 aromatic rings. The molecule has 0 aromatic heterocycles. The zero-order chi connectivity index (χ0) is 4.83. The van der Waals surface area contributed by atoms with Crippen LogP contribution in [0.2, 0.25) is 0 Å². The van der Waals surface area contributed by atoms with E-state index >= 15 is 0 Å². The van der Waals surface area contributed by atoms with E-state index in [0.717, 1.165) is 0 Å². The van der Waals surface area contributed by atoms with E-state index in [1.807, 2.05) is 0 Å². The average Bonchev–Trinajstić information content (AvgIpc) is 1.61. The van der Waals surface area contributed by atoms with Crippen molar-refractivity contribution in [2.24, 2.45) is 0 Å². The SMILES string of the molecule is OCCCCF.[NaH]. The number of unbranched alkanes of at least 4 members (excludes halogenated alkanes) is 1. The van der Waals surface area contributed by atoms with Gasteiger partial charge in [-0.05, 0) is 12.8 Å². The van der Waals surface area contributed by atoms with Gasteiger partial charge in [0.15, 0.2) is 0 Å². The second-order valence-electron chi connectivity index (χ2n) is 1.12. The number of aliphatic hydroxyl groups excluding tert-OH is 1. The van der Waals surface area contributed by atoms with Gasteiger partial charge in [-0.3, -0.25) is 4.39 Å². The molecule has 7 heavy (non-hydrogen) atoms. The number of hydrogen-bond acceptors (Lipinski definition) is 1. The molecule has 0 aromatic carbocycles. The Morgan fingerprint density at radius 3 is 2.00 bits per heavy atom. The van der Waals surface area contributed by atoms with Crippen molar-refractivity contribution < 1.29 is 9.50 Å². The van der Waals surface area contributed by atoms with Gasteiger partial charge in [-0.25, -0.2) is 0 Å². The quantitative estimate of drug-likeness (QED) is 0.409. The Kier molecular flexibility index (Phi) is 15.4. The molecule has 0 saturated heterocycles. The standard InChI is InChI=1S/C4H9FO.Na.H/c5-3-1-2-4-6;;/h6H,1-4H2;;. The molecule has 1 nitrogen and oxygen atoms in total. The van der Waals surface area contributed by atoms with Gasteiger partial charge >= 0.3 is 29.6 Å². The van der Waals surface area contributed by atoms with E-state index in [-0.39, 0.29) is 42.8 Å². The molecule has 0 bridgehead atoms. The fourth-order valence-corrected chi connectivity index (χ4v) is 0.206. The number of aliphatic hydroxyl groups is 1. The third-order valence-electron chi connectivity index (χ3n) is 0.542. The van der Waals surface area contributed by atoms with E-state index in [1.54, 1.807) is 0 Å². The Labute approximate surface area is 65.2 Å². The molecular formula is C4H10FNaO. The molecule has 0 rings (SSSR count). The molecule has 0 saturated carbocycles. The van der Waals surface area contributed by atoms with Crippen molar-refractivity contribution in [2.75, 3.05) is 13.3 Å². The predicted octanol–water partition coefficient (Wildman–Crippen LogP) is 0.0799. The zero-order valence-corrected chi connectivity index (χ0v) is 3.65. The summed E-state index contributed by atoms with van der Waals surface area (Å²) in [6.07, 6.45) is 1.09. The molecule has 0 aliphatic rings. The number of rotatable bonds is 3. The Bertz CT molecular complexity index is 23.7. The van der Waals surface area contributed by atoms with Gasteiger partial charge in [0.2, 0.25) is 0 Å². The Balaban J connectivity index is 0.